The predicted molar refractivity (Wildman–Crippen MR) is 116 cm³/mol. The molecular weight excluding hydrogens is 446 g/mol. The van der Waals surface area contributed by atoms with E-state index in [0.29, 0.717) is 28.4 Å². The number of hydrogen-bond acceptors (Lipinski definition) is 11. The van der Waals surface area contributed by atoms with Crippen molar-refractivity contribution in [3.63, 3.8) is 0 Å². The zero-order valence-electron chi connectivity index (χ0n) is 17.9. The minimum Gasteiger partial charge on any atom is -0.497 e. The molecule has 13 nitrogen and oxygen atoms in total. The number of aliphatic hydroxyl groups is 2. The highest BCUT2D eigenvalue weighted by Crippen LogP contribution is 2.32. The van der Waals surface area contributed by atoms with Crippen LogP contribution in [0.3, 0.4) is 0 Å². The Balaban J connectivity index is 1.26. The molecule has 1 saturated heterocycles. The molecule has 1 aliphatic heterocycles. The first-order valence-corrected chi connectivity index (χ1v) is 10.3. The summed E-state index contributed by atoms with van der Waals surface area (Å²) in [7, 11) is 1.57. The van der Waals surface area contributed by atoms with Crippen molar-refractivity contribution in [3.05, 3.63) is 48.7 Å². The van der Waals surface area contributed by atoms with Gasteiger partial charge in [-0.3, -0.25) is 9.36 Å². The molecule has 13 heteroatoms. The third-order valence-corrected chi connectivity index (χ3v) is 5.51. The maximum absolute atomic E-state index is 12.7. The number of ether oxygens (including phenoxy) is 2. The van der Waals surface area contributed by atoms with Crippen molar-refractivity contribution < 1.29 is 29.0 Å². The van der Waals surface area contributed by atoms with E-state index in [4.69, 9.17) is 19.7 Å². The molecular formula is C21H21N7O6. The van der Waals surface area contributed by atoms with E-state index in [-0.39, 0.29) is 12.4 Å². The van der Waals surface area contributed by atoms with Crippen LogP contribution < -0.4 is 15.8 Å². The fourth-order valence-corrected chi connectivity index (χ4v) is 3.75. The Labute approximate surface area is 192 Å². The number of benzene rings is 1. The van der Waals surface area contributed by atoms with E-state index in [1.165, 1.54) is 17.2 Å². The summed E-state index contributed by atoms with van der Waals surface area (Å²) in [5.41, 5.74) is 7.64. The standard InChI is InChI=1S/C21H21N7O6/c1-32-12-4-2-3-10(5-12)13-6-11(27-34-13)7-23-20(31)17-15(29)16(30)21(33-17)28-9-26-14-18(22)24-8-25-19(14)28/h2-6,8-9,15-17,21,29-30H,7H2,1H3,(H,23,31)(H2,22,24,25)/t15-,16+,17-,21+/m0/s1. The summed E-state index contributed by atoms with van der Waals surface area (Å²) in [6.07, 6.45) is -2.72. The molecule has 176 valence electrons. The first-order chi connectivity index (χ1) is 16.5. The van der Waals surface area contributed by atoms with Crippen LogP contribution in [-0.4, -0.2) is 66.2 Å². The number of hydrogen-bond donors (Lipinski definition) is 4. The number of anilines is 1. The number of fused-ring (bicyclic) bond motifs is 1. The van der Waals surface area contributed by atoms with Crippen LogP contribution in [0.1, 0.15) is 11.9 Å². The van der Waals surface area contributed by atoms with Crippen LogP contribution in [-0.2, 0) is 16.1 Å². The molecule has 0 aliphatic carbocycles. The lowest BCUT2D eigenvalue weighted by atomic mass is 10.1. The second kappa shape index (κ2) is 8.70. The molecule has 3 aromatic heterocycles. The molecule has 4 aromatic rings. The van der Waals surface area contributed by atoms with Gasteiger partial charge in [-0.1, -0.05) is 17.3 Å². The lowest BCUT2D eigenvalue weighted by molar-refractivity contribution is -0.137. The van der Waals surface area contributed by atoms with E-state index >= 15 is 0 Å². The monoisotopic (exact) mass is 467 g/mol. The predicted octanol–water partition coefficient (Wildman–Crippen LogP) is 0.00770. The molecule has 1 amide bonds. The van der Waals surface area contributed by atoms with Crippen LogP contribution >= 0.6 is 0 Å². The van der Waals surface area contributed by atoms with E-state index in [2.05, 4.69) is 25.4 Å². The molecule has 0 saturated carbocycles. The number of carbonyl (C=O) groups is 1. The fourth-order valence-electron chi connectivity index (χ4n) is 3.75. The van der Waals surface area contributed by atoms with Gasteiger partial charge in [0.2, 0.25) is 0 Å². The Bertz CT molecular complexity index is 1340. The highest BCUT2D eigenvalue weighted by atomic mass is 16.6. The quantitative estimate of drug-likeness (QED) is 0.299. The number of nitrogens with zero attached hydrogens (tertiary/aromatic N) is 5. The van der Waals surface area contributed by atoms with Crippen molar-refractivity contribution in [1.82, 2.24) is 30.0 Å². The van der Waals surface area contributed by atoms with Crippen molar-refractivity contribution in [2.75, 3.05) is 12.8 Å². The third kappa shape index (κ3) is 3.81. The van der Waals surface area contributed by atoms with Gasteiger partial charge in [-0.15, -0.1) is 0 Å². The summed E-state index contributed by atoms with van der Waals surface area (Å²) in [5, 5.41) is 27.6. The summed E-state index contributed by atoms with van der Waals surface area (Å²) in [6, 6.07) is 8.95. The van der Waals surface area contributed by atoms with Crippen LogP contribution in [0.4, 0.5) is 5.82 Å². The summed E-state index contributed by atoms with van der Waals surface area (Å²) >= 11 is 0. The number of rotatable bonds is 6. The van der Waals surface area contributed by atoms with Crippen LogP contribution in [0.15, 0.2) is 47.5 Å². The van der Waals surface area contributed by atoms with Crippen LogP contribution in [0, 0.1) is 0 Å². The zero-order valence-corrected chi connectivity index (χ0v) is 17.9. The number of methoxy groups -OCH3 is 1. The van der Waals surface area contributed by atoms with Crippen LogP contribution in [0.25, 0.3) is 22.5 Å². The van der Waals surface area contributed by atoms with Crippen molar-refractivity contribution in [2.45, 2.75) is 31.1 Å². The van der Waals surface area contributed by atoms with E-state index in [1.54, 1.807) is 19.2 Å². The fraction of sp³-hybridized carbons (Fsp3) is 0.286. The van der Waals surface area contributed by atoms with Gasteiger partial charge in [0.1, 0.15) is 35.5 Å². The second-order valence-electron chi connectivity index (χ2n) is 7.64. The number of nitrogens with one attached hydrogen (secondary N) is 1. The molecule has 0 spiro atoms. The molecule has 1 aromatic carbocycles. The van der Waals surface area contributed by atoms with E-state index < -0.39 is 30.4 Å². The Morgan fingerprint density at radius 2 is 2.09 bits per heavy atom. The minimum absolute atomic E-state index is 0.0252. The Kier molecular flexibility index (Phi) is 5.57. The molecule has 1 aliphatic rings. The number of imidazole rings is 1. The largest absolute Gasteiger partial charge is 0.497 e. The van der Waals surface area contributed by atoms with Gasteiger partial charge in [0.05, 0.1) is 20.0 Å². The molecule has 0 radical (unpaired) electrons. The topological polar surface area (TPSA) is 184 Å². The van der Waals surface area contributed by atoms with Crippen molar-refractivity contribution in [3.8, 4) is 17.1 Å². The number of carbonyl (C=O) groups excluding carboxylic acids is 1. The number of aliphatic hydroxyl groups excluding tert-OH is 2. The third-order valence-electron chi connectivity index (χ3n) is 5.51. The van der Waals surface area contributed by atoms with Crippen LogP contribution in [0.2, 0.25) is 0 Å². The van der Waals surface area contributed by atoms with Gasteiger partial charge in [-0.25, -0.2) is 15.0 Å². The zero-order chi connectivity index (χ0) is 23.8. The van der Waals surface area contributed by atoms with Crippen molar-refractivity contribution in [1.29, 1.82) is 0 Å². The molecule has 0 bridgehead atoms. The lowest BCUT2D eigenvalue weighted by Crippen LogP contribution is -2.42. The average Bonchev–Trinajstić information content (AvgIpc) is 3.57. The summed E-state index contributed by atoms with van der Waals surface area (Å²) in [4.78, 5) is 24.8. The van der Waals surface area contributed by atoms with Gasteiger partial charge >= 0.3 is 0 Å². The normalized spacial score (nSPS) is 22.2. The van der Waals surface area contributed by atoms with Gasteiger partial charge in [0.25, 0.3) is 5.91 Å². The molecule has 5 N–H and O–H groups in total. The van der Waals surface area contributed by atoms with Crippen molar-refractivity contribution in [2.24, 2.45) is 0 Å². The first kappa shape index (κ1) is 21.8. The maximum atomic E-state index is 12.7. The molecule has 4 atom stereocenters. The molecule has 34 heavy (non-hydrogen) atoms. The number of nitrogen functional groups attached to an aromatic ring is 1. The maximum Gasteiger partial charge on any atom is 0.252 e. The molecule has 5 rings (SSSR count). The van der Waals surface area contributed by atoms with Crippen molar-refractivity contribution >= 4 is 22.9 Å². The summed E-state index contributed by atoms with van der Waals surface area (Å²) in [5.74, 6) is 0.707. The van der Waals surface area contributed by atoms with E-state index in [9.17, 15) is 15.0 Å². The van der Waals surface area contributed by atoms with E-state index in [1.807, 2.05) is 18.2 Å². The number of nitrogens with two attached hydrogens (primary N) is 1. The van der Waals surface area contributed by atoms with Gasteiger partial charge in [-0.05, 0) is 12.1 Å². The van der Waals surface area contributed by atoms with Gasteiger partial charge in [0, 0.05) is 11.6 Å². The number of amides is 1. The minimum atomic E-state index is -1.48. The first-order valence-electron chi connectivity index (χ1n) is 10.3. The molecule has 0 unspecified atom stereocenters. The van der Waals surface area contributed by atoms with Crippen LogP contribution in [0.5, 0.6) is 5.75 Å². The highest BCUT2D eigenvalue weighted by molar-refractivity contribution is 5.82. The van der Waals surface area contributed by atoms with E-state index in [0.717, 1.165) is 5.56 Å². The smallest absolute Gasteiger partial charge is 0.252 e. The Morgan fingerprint density at radius 3 is 2.91 bits per heavy atom. The SMILES string of the molecule is COc1cccc(-c2cc(CNC(=O)[C@H]3O[C@@H](n4cnc5c(N)ncnc54)[C@H](O)[C@@H]3O)no2)c1. The Hall–Kier alpha value is -4.07. The van der Waals surface area contributed by atoms with Gasteiger partial charge in [-0.2, -0.15) is 0 Å². The highest BCUT2D eigenvalue weighted by Gasteiger charge is 2.47. The number of aromatic nitrogens is 5. The molecule has 4 heterocycles. The van der Waals surface area contributed by atoms with Gasteiger partial charge in [0.15, 0.2) is 29.6 Å². The lowest BCUT2D eigenvalue weighted by Gasteiger charge is -2.16. The Morgan fingerprint density at radius 1 is 1.24 bits per heavy atom. The second-order valence-corrected chi connectivity index (χ2v) is 7.64. The van der Waals surface area contributed by atoms with Gasteiger partial charge < -0.3 is 35.3 Å². The molecule has 1 fully saturated rings. The summed E-state index contributed by atoms with van der Waals surface area (Å²) in [6.45, 7) is 0.0252. The summed E-state index contributed by atoms with van der Waals surface area (Å²) < 4.78 is 17.6. The average molecular weight is 467 g/mol.